The van der Waals surface area contributed by atoms with Crippen LogP contribution in [0.2, 0.25) is 0 Å². The lowest BCUT2D eigenvalue weighted by atomic mass is 10.0. The maximum atomic E-state index is 11.6. The second kappa shape index (κ2) is 5.95. The smallest absolute Gasteiger partial charge is 0.227 e. The molecule has 0 spiro atoms. The molecule has 5 nitrogen and oxygen atoms in total. The van der Waals surface area contributed by atoms with Gasteiger partial charge in [0.15, 0.2) is 0 Å². The predicted octanol–water partition coefficient (Wildman–Crippen LogP) is -1.28. The minimum Gasteiger partial charge on any atom is -0.396 e. The van der Waals surface area contributed by atoms with Crippen molar-refractivity contribution < 1.29 is 14.6 Å². The lowest BCUT2D eigenvalue weighted by molar-refractivity contribution is -0.125. The fourth-order valence-corrected chi connectivity index (χ4v) is 1.52. The Hall–Kier alpha value is -0.650. The number of amides is 1. The molecular formula is C9H18N2O3. The van der Waals surface area contributed by atoms with Gasteiger partial charge in [0.1, 0.15) is 0 Å². The lowest BCUT2D eigenvalue weighted by Crippen LogP contribution is -2.42. The molecular weight excluding hydrogens is 184 g/mol. The molecule has 1 heterocycles. The minimum absolute atomic E-state index is 0.00954. The van der Waals surface area contributed by atoms with Crippen LogP contribution in [0.1, 0.15) is 6.42 Å². The number of aliphatic hydroxyl groups is 1. The van der Waals surface area contributed by atoms with Crippen LogP contribution in [0.15, 0.2) is 0 Å². The molecule has 14 heavy (non-hydrogen) atoms. The van der Waals surface area contributed by atoms with Gasteiger partial charge in [-0.1, -0.05) is 0 Å². The van der Waals surface area contributed by atoms with Crippen molar-refractivity contribution in [3.8, 4) is 0 Å². The molecule has 0 aliphatic carbocycles. The Morgan fingerprint density at radius 3 is 3.00 bits per heavy atom. The quantitative estimate of drug-likeness (QED) is 0.486. The third-order valence-corrected chi connectivity index (χ3v) is 2.42. The van der Waals surface area contributed by atoms with Crippen LogP contribution >= 0.6 is 0 Å². The van der Waals surface area contributed by atoms with Crippen molar-refractivity contribution in [2.75, 3.05) is 33.4 Å². The SMILES string of the molecule is CNC1COCC1C(=O)NCCCO. The first-order valence-corrected chi connectivity index (χ1v) is 4.93. The summed E-state index contributed by atoms with van der Waals surface area (Å²) in [7, 11) is 1.83. The summed E-state index contributed by atoms with van der Waals surface area (Å²) in [6.07, 6.45) is 0.601. The molecule has 1 rings (SSSR count). The van der Waals surface area contributed by atoms with Gasteiger partial charge in [-0.25, -0.2) is 0 Å². The summed E-state index contributed by atoms with van der Waals surface area (Å²) in [6, 6.07) is 0.115. The third kappa shape index (κ3) is 2.94. The molecule has 0 radical (unpaired) electrons. The van der Waals surface area contributed by atoms with Crippen molar-refractivity contribution in [2.24, 2.45) is 5.92 Å². The topological polar surface area (TPSA) is 70.6 Å². The van der Waals surface area contributed by atoms with Gasteiger partial charge in [0, 0.05) is 19.2 Å². The number of rotatable bonds is 5. The summed E-state index contributed by atoms with van der Waals surface area (Å²) in [4.78, 5) is 11.6. The first kappa shape index (κ1) is 11.4. The lowest BCUT2D eigenvalue weighted by Gasteiger charge is -2.15. The number of hydrogen-bond acceptors (Lipinski definition) is 4. The first-order chi connectivity index (χ1) is 6.79. The molecule has 2 unspecified atom stereocenters. The van der Waals surface area contributed by atoms with E-state index in [1.54, 1.807) is 0 Å². The Balaban J connectivity index is 2.28. The molecule has 1 amide bonds. The van der Waals surface area contributed by atoms with E-state index < -0.39 is 0 Å². The number of ether oxygens (including phenoxy) is 1. The summed E-state index contributed by atoms with van der Waals surface area (Å²) in [5.41, 5.74) is 0. The van der Waals surface area contributed by atoms with Gasteiger partial charge in [-0.2, -0.15) is 0 Å². The highest BCUT2D eigenvalue weighted by Crippen LogP contribution is 2.13. The number of carbonyl (C=O) groups excluding carboxylic acids is 1. The summed E-state index contributed by atoms with van der Waals surface area (Å²) < 4.78 is 5.22. The van der Waals surface area contributed by atoms with Crippen LogP contribution in [0.3, 0.4) is 0 Å². The normalized spacial score (nSPS) is 26.4. The van der Waals surface area contributed by atoms with E-state index in [0.717, 1.165) is 0 Å². The Kier molecular flexibility index (Phi) is 4.86. The fourth-order valence-electron chi connectivity index (χ4n) is 1.52. The molecule has 1 saturated heterocycles. The van der Waals surface area contributed by atoms with E-state index >= 15 is 0 Å². The Morgan fingerprint density at radius 1 is 1.57 bits per heavy atom. The van der Waals surface area contributed by atoms with E-state index in [2.05, 4.69) is 10.6 Å². The summed E-state index contributed by atoms with van der Waals surface area (Å²) in [5, 5.41) is 14.4. The average molecular weight is 202 g/mol. The van der Waals surface area contributed by atoms with Crippen molar-refractivity contribution in [3.05, 3.63) is 0 Å². The Labute approximate surface area is 83.8 Å². The largest absolute Gasteiger partial charge is 0.396 e. The first-order valence-electron chi connectivity index (χ1n) is 4.93. The number of hydrogen-bond donors (Lipinski definition) is 3. The molecule has 3 N–H and O–H groups in total. The van der Waals surface area contributed by atoms with Crippen LogP contribution in [-0.4, -0.2) is 50.5 Å². The number of aliphatic hydroxyl groups excluding tert-OH is 1. The molecule has 0 aromatic rings. The zero-order chi connectivity index (χ0) is 10.4. The highest BCUT2D eigenvalue weighted by Gasteiger charge is 2.32. The van der Waals surface area contributed by atoms with Gasteiger partial charge in [-0.3, -0.25) is 4.79 Å². The van der Waals surface area contributed by atoms with Gasteiger partial charge in [0.05, 0.1) is 19.1 Å². The number of nitrogens with one attached hydrogen (secondary N) is 2. The monoisotopic (exact) mass is 202 g/mol. The molecule has 0 saturated carbocycles. The van der Waals surface area contributed by atoms with E-state index in [4.69, 9.17) is 9.84 Å². The fraction of sp³-hybridized carbons (Fsp3) is 0.889. The molecule has 1 fully saturated rings. The molecule has 1 aliphatic rings. The molecule has 5 heteroatoms. The summed E-state index contributed by atoms with van der Waals surface area (Å²) >= 11 is 0. The average Bonchev–Trinajstić information content (AvgIpc) is 2.65. The predicted molar refractivity (Wildman–Crippen MR) is 51.9 cm³/mol. The number of likely N-dealkylation sites (N-methyl/N-ethyl adjacent to an activating group) is 1. The van der Waals surface area contributed by atoms with E-state index in [0.29, 0.717) is 26.2 Å². The van der Waals surface area contributed by atoms with Gasteiger partial charge >= 0.3 is 0 Å². The van der Waals surface area contributed by atoms with E-state index in [1.165, 1.54) is 0 Å². The van der Waals surface area contributed by atoms with Crippen LogP contribution in [0, 0.1) is 5.92 Å². The molecule has 0 bridgehead atoms. The minimum atomic E-state index is -0.0984. The van der Waals surface area contributed by atoms with Gasteiger partial charge in [0.25, 0.3) is 0 Å². The maximum absolute atomic E-state index is 11.6. The zero-order valence-corrected chi connectivity index (χ0v) is 8.45. The van der Waals surface area contributed by atoms with E-state index in [9.17, 15) is 4.79 Å². The molecule has 2 atom stereocenters. The van der Waals surface area contributed by atoms with Gasteiger partial charge in [-0.15, -0.1) is 0 Å². The van der Waals surface area contributed by atoms with Crippen LogP contribution in [0.25, 0.3) is 0 Å². The van der Waals surface area contributed by atoms with Gasteiger partial charge < -0.3 is 20.5 Å². The van der Waals surface area contributed by atoms with Crippen molar-refractivity contribution in [1.82, 2.24) is 10.6 Å². The molecule has 1 aliphatic heterocycles. The maximum Gasteiger partial charge on any atom is 0.227 e. The molecule has 0 aromatic heterocycles. The van der Waals surface area contributed by atoms with Crippen molar-refractivity contribution >= 4 is 5.91 Å². The van der Waals surface area contributed by atoms with Gasteiger partial charge in [0.2, 0.25) is 5.91 Å². The van der Waals surface area contributed by atoms with E-state index in [-0.39, 0.29) is 24.5 Å². The van der Waals surface area contributed by atoms with E-state index in [1.807, 2.05) is 7.05 Å². The van der Waals surface area contributed by atoms with Crippen LogP contribution in [0.5, 0.6) is 0 Å². The zero-order valence-electron chi connectivity index (χ0n) is 8.45. The molecule has 82 valence electrons. The van der Waals surface area contributed by atoms with Crippen LogP contribution in [0.4, 0.5) is 0 Å². The highest BCUT2D eigenvalue weighted by atomic mass is 16.5. The number of carbonyl (C=O) groups is 1. The highest BCUT2D eigenvalue weighted by molar-refractivity contribution is 5.79. The summed E-state index contributed by atoms with van der Waals surface area (Å²) in [6.45, 7) is 1.71. The third-order valence-electron chi connectivity index (χ3n) is 2.42. The second-order valence-corrected chi connectivity index (χ2v) is 3.41. The van der Waals surface area contributed by atoms with Crippen molar-refractivity contribution in [2.45, 2.75) is 12.5 Å². The second-order valence-electron chi connectivity index (χ2n) is 3.41. The van der Waals surface area contributed by atoms with Crippen LogP contribution < -0.4 is 10.6 Å². The van der Waals surface area contributed by atoms with Crippen molar-refractivity contribution in [1.29, 1.82) is 0 Å². The Bertz CT molecular complexity index is 187. The van der Waals surface area contributed by atoms with Crippen molar-refractivity contribution in [3.63, 3.8) is 0 Å². The standard InChI is InChI=1S/C9H18N2O3/c1-10-8-6-14-5-7(8)9(13)11-3-2-4-12/h7-8,10,12H,2-6H2,1H3,(H,11,13). The summed E-state index contributed by atoms with van der Waals surface area (Å²) in [5.74, 6) is -0.0889. The Morgan fingerprint density at radius 2 is 2.36 bits per heavy atom. The van der Waals surface area contributed by atoms with Gasteiger partial charge in [-0.05, 0) is 13.5 Å². The van der Waals surface area contributed by atoms with Crippen LogP contribution in [-0.2, 0) is 9.53 Å². The molecule has 0 aromatic carbocycles.